The molecule has 0 fully saturated rings. The van der Waals surface area contributed by atoms with E-state index in [1.807, 2.05) is 18.3 Å². The van der Waals surface area contributed by atoms with E-state index < -0.39 is 10.0 Å². The summed E-state index contributed by atoms with van der Waals surface area (Å²) in [5.41, 5.74) is 2.87. The highest BCUT2D eigenvalue weighted by Crippen LogP contribution is 2.38. The third kappa shape index (κ3) is 3.01. The SMILES string of the molecule is CC(C)(c1ccc(F)cc1)c1c[nH]c2c(NS(C)(=O)=O)cccc12. The Morgan fingerprint density at radius 3 is 2.38 bits per heavy atom. The molecule has 1 heterocycles. The Labute approximate surface area is 140 Å². The number of rotatable bonds is 4. The zero-order valence-electron chi connectivity index (χ0n) is 13.7. The van der Waals surface area contributed by atoms with Gasteiger partial charge in [-0.25, -0.2) is 12.8 Å². The van der Waals surface area contributed by atoms with Crippen LogP contribution >= 0.6 is 0 Å². The smallest absolute Gasteiger partial charge is 0.229 e. The van der Waals surface area contributed by atoms with Gasteiger partial charge in [-0.1, -0.05) is 38.1 Å². The molecular formula is C18H19FN2O2S. The largest absolute Gasteiger partial charge is 0.359 e. The Balaban J connectivity index is 2.14. The Kier molecular flexibility index (Phi) is 3.87. The number of sulfonamides is 1. The van der Waals surface area contributed by atoms with Gasteiger partial charge in [-0.05, 0) is 29.3 Å². The lowest BCUT2D eigenvalue weighted by Gasteiger charge is -2.25. The van der Waals surface area contributed by atoms with Gasteiger partial charge in [0, 0.05) is 17.0 Å². The molecule has 0 aliphatic carbocycles. The first-order chi connectivity index (χ1) is 11.2. The normalized spacial score (nSPS) is 12.5. The number of aromatic nitrogens is 1. The summed E-state index contributed by atoms with van der Waals surface area (Å²) in [6, 6.07) is 11.9. The minimum absolute atomic E-state index is 0.270. The van der Waals surface area contributed by atoms with Crippen LogP contribution in [0.25, 0.3) is 10.9 Å². The molecule has 0 saturated heterocycles. The third-order valence-corrected chi connectivity index (χ3v) is 4.84. The first-order valence-electron chi connectivity index (χ1n) is 7.53. The summed E-state index contributed by atoms with van der Waals surface area (Å²) in [6.45, 7) is 4.11. The van der Waals surface area contributed by atoms with Crippen molar-refractivity contribution < 1.29 is 12.8 Å². The molecule has 0 saturated carbocycles. The van der Waals surface area contributed by atoms with Gasteiger partial charge in [0.25, 0.3) is 0 Å². The molecule has 0 aliphatic heterocycles. The number of hydrogen-bond acceptors (Lipinski definition) is 2. The van der Waals surface area contributed by atoms with Crippen LogP contribution in [0.2, 0.25) is 0 Å². The fourth-order valence-electron chi connectivity index (χ4n) is 2.98. The van der Waals surface area contributed by atoms with E-state index >= 15 is 0 Å². The molecule has 0 amide bonds. The molecule has 0 unspecified atom stereocenters. The zero-order valence-corrected chi connectivity index (χ0v) is 14.5. The van der Waals surface area contributed by atoms with Crippen molar-refractivity contribution in [2.24, 2.45) is 0 Å². The van der Waals surface area contributed by atoms with Crippen molar-refractivity contribution in [2.45, 2.75) is 19.3 Å². The van der Waals surface area contributed by atoms with Gasteiger partial charge in [0.15, 0.2) is 0 Å². The molecule has 0 spiro atoms. The fourth-order valence-corrected chi connectivity index (χ4v) is 3.55. The number of H-pyrrole nitrogens is 1. The van der Waals surface area contributed by atoms with E-state index in [1.165, 1.54) is 12.1 Å². The van der Waals surface area contributed by atoms with Gasteiger partial charge in [-0.15, -0.1) is 0 Å². The average molecular weight is 346 g/mol. The average Bonchev–Trinajstić information content (AvgIpc) is 2.92. The predicted octanol–water partition coefficient (Wildman–Crippen LogP) is 4.00. The molecule has 126 valence electrons. The first-order valence-corrected chi connectivity index (χ1v) is 9.42. The van der Waals surface area contributed by atoms with Crippen LogP contribution in [-0.4, -0.2) is 19.7 Å². The highest BCUT2D eigenvalue weighted by Gasteiger charge is 2.26. The van der Waals surface area contributed by atoms with Crippen LogP contribution in [0.1, 0.15) is 25.0 Å². The standard InChI is InChI=1S/C18H19FN2O2S/c1-18(2,12-7-9-13(19)10-8-12)15-11-20-17-14(15)5-4-6-16(17)21-24(3,22)23/h4-11,20-21H,1-3H3. The topological polar surface area (TPSA) is 62.0 Å². The fraction of sp³-hybridized carbons (Fsp3) is 0.222. The van der Waals surface area contributed by atoms with Crippen LogP contribution in [-0.2, 0) is 15.4 Å². The Bertz CT molecular complexity index is 990. The lowest BCUT2D eigenvalue weighted by molar-refractivity contribution is 0.606. The van der Waals surface area contributed by atoms with Crippen LogP contribution in [0.4, 0.5) is 10.1 Å². The van der Waals surface area contributed by atoms with Crippen molar-refractivity contribution in [1.29, 1.82) is 0 Å². The van der Waals surface area contributed by atoms with Crippen LogP contribution in [0.15, 0.2) is 48.7 Å². The van der Waals surface area contributed by atoms with Gasteiger partial charge in [0.2, 0.25) is 10.0 Å². The number of aromatic amines is 1. The molecule has 0 radical (unpaired) electrons. The van der Waals surface area contributed by atoms with Crippen molar-refractivity contribution in [3.05, 3.63) is 65.6 Å². The maximum absolute atomic E-state index is 13.2. The lowest BCUT2D eigenvalue weighted by Crippen LogP contribution is -2.18. The number of nitrogens with one attached hydrogen (secondary N) is 2. The summed E-state index contributed by atoms with van der Waals surface area (Å²) in [5.74, 6) is -0.270. The van der Waals surface area contributed by atoms with E-state index in [4.69, 9.17) is 0 Å². The van der Waals surface area contributed by atoms with Gasteiger partial charge in [0.1, 0.15) is 5.82 Å². The Morgan fingerprint density at radius 1 is 1.08 bits per heavy atom. The molecule has 3 rings (SSSR count). The van der Waals surface area contributed by atoms with Crippen LogP contribution in [0, 0.1) is 5.82 Å². The molecule has 0 bridgehead atoms. The molecular weight excluding hydrogens is 327 g/mol. The summed E-state index contributed by atoms with van der Waals surface area (Å²) in [7, 11) is -3.36. The molecule has 24 heavy (non-hydrogen) atoms. The van der Waals surface area contributed by atoms with Crippen LogP contribution < -0.4 is 4.72 Å². The second kappa shape index (κ2) is 5.63. The van der Waals surface area contributed by atoms with Crippen molar-refractivity contribution in [3.8, 4) is 0 Å². The van der Waals surface area contributed by atoms with Crippen molar-refractivity contribution >= 4 is 26.6 Å². The minimum atomic E-state index is -3.36. The molecule has 1 aromatic heterocycles. The van der Waals surface area contributed by atoms with E-state index in [9.17, 15) is 12.8 Å². The van der Waals surface area contributed by atoms with Crippen molar-refractivity contribution in [1.82, 2.24) is 4.98 Å². The van der Waals surface area contributed by atoms with Crippen LogP contribution in [0.5, 0.6) is 0 Å². The number of fused-ring (bicyclic) bond motifs is 1. The highest BCUT2D eigenvalue weighted by atomic mass is 32.2. The minimum Gasteiger partial charge on any atom is -0.359 e. The van der Waals surface area contributed by atoms with E-state index in [0.29, 0.717) is 5.69 Å². The summed E-state index contributed by atoms with van der Waals surface area (Å²) in [5, 5.41) is 0.929. The van der Waals surface area contributed by atoms with Gasteiger partial charge < -0.3 is 4.98 Å². The summed E-state index contributed by atoms with van der Waals surface area (Å²) in [4.78, 5) is 3.17. The second-order valence-electron chi connectivity index (χ2n) is 6.44. The Morgan fingerprint density at radius 2 is 1.75 bits per heavy atom. The first kappa shape index (κ1) is 16.5. The van der Waals surface area contributed by atoms with Gasteiger partial charge >= 0.3 is 0 Å². The summed E-state index contributed by atoms with van der Waals surface area (Å²) in [6.07, 6.45) is 3.00. The number of hydrogen-bond donors (Lipinski definition) is 2. The predicted molar refractivity (Wildman–Crippen MR) is 95.3 cm³/mol. The molecule has 4 nitrogen and oxygen atoms in total. The molecule has 6 heteroatoms. The van der Waals surface area contributed by atoms with E-state index in [0.717, 1.165) is 28.3 Å². The monoisotopic (exact) mass is 346 g/mol. The lowest BCUT2D eigenvalue weighted by atomic mass is 9.78. The summed E-state index contributed by atoms with van der Waals surface area (Å²) < 4.78 is 38.8. The van der Waals surface area contributed by atoms with Gasteiger partial charge in [-0.3, -0.25) is 4.72 Å². The van der Waals surface area contributed by atoms with Crippen LogP contribution in [0.3, 0.4) is 0 Å². The van der Waals surface area contributed by atoms with E-state index in [1.54, 1.807) is 18.2 Å². The number of para-hydroxylation sites is 1. The quantitative estimate of drug-likeness (QED) is 0.750. The third-order valence-electron chi connectivity index (χ3n) is 4.25. The number of anilines is 1. The van der Waals surface area contributed by atoms with E-state index in [2.05, 4.69) is 23.6 Å². The molecule has 3 aromatic rings. The molecule has 0 aliphatic rings. The van der Waals surface area contributed by atoms with Crippen molar-refractivity contribution in [3.63, 3.8) is 0 Å². The summed E-state index contributed by atoms with van der Waals surface area (Å²) >= 11 is 0. The van der Waals surface area contributed by atoms with Gasteiger partial charge in [-0.2, -0.15) is 0 Å². The second-order valence-corrected chi connectivity index (χ2v) is 8.19. The number of benzene rings is 2. The Hall–Kier alpha value is -2.34. The maximum Gasteiger partial charge on any atom is 0.229 e. The molecule has 2 N–H and O–H groups in total. The van der Waals surface area contributed by atoms with Gasteiger partial charge in [0.05, 0.1) is 17.5 Å². The van der Waals surface area contributed by atoms with Crippen molar-refractivity contribution in [2.75, 3.05) is 11.0 Å². The molecule has 0 atom stereocenters. The maximum atomic E-state index is 13.2. The highest BCUT2D eigenvalue weighted by molar-refractivity contribution is 7.92. The zero-order chi connectivity index (χ0) is 17.5. The molecule has 2 aromatic carbocycles. The van der Waals surface area contributed by atoms with E-state index in [-0.39, 0.29) is 11.2 Å². The number of halogens is 1.